The van der Waals surface area contributed by atoms with Crippen molar-refractivity contribution in [2.24, 2.45) is 0 Å². The molecule has 1 saturated heterocycles. The minimum absolute atomic E-state index is 0.00983. The van der Waals surface area contributed by atoms with E-state index in [1.54, 1.807) is 56.2 Å². The van der Waals surface area contributed by atoms with E-state index in [2.05, 4.69) is 0 Å². The molecule has 1 atom stereocenters. The highest BCUT2D eigenvalue weighted by Gasteiger charge is 2.95. The van der Waals surface area contributed by atoms with Gasteiger partial charge < -0.3 is 19.5 Å². The van der Waals surface area contributed by atoms with Crippen LogP contribution in [0, 0.1) is 0 Å². The molecular formula is C38H55F17N4O7. The van der Waals surface area contributed by atoms with Crippen LogP contribution in [0.15, 0.2) is 0 Å². The third-order valence-electron chi connectivity index (χ3n) is 9.23. The highest BCUT2D eigenvalue weighted by molar-refractivity contribution is 5.79. The first-order valence-electron chi connectivity index (χ1n) is 20.0. The van der Waals surface area contributed by atoms with Crippen LogP contribution in [-0.2, 0) is 33.4 Å². The Kier molecular flexibility index (Phi) is 19.3. The number of ether oxygens (including phenoxy) is 3. The van der Waals surface area contributed by atoms with Gasteiger partial charge in [0.15, 0.2) is 0 Å². The summed E-state index contributed by atoms with van der Waals surface area (Å²) in [6.07, 6.45) is -13.3. The van der Waals surface area contributed by atoms with Crippen LogP contribution in [0.25, 0.3) is 0 Å². The first kappa shape index (κ1) is 60.6. The smallest absolute Gasteiger partial charge is 0.459 e. The summed E-state index contributed by atoms with van der Waals surface area (Å²) in [7, 11) is 0. The van der Waals surface area contributed by atoms with E-state index in [4.69, 9.17) is 14.2 Å². The zero-order valence-electron chi connectivity index (χ0n) is 37.4. The Morgan fingerprint density at radius 2 is 0.848 bits per heavy atom. The van der Waals surface area contributed by atoms with Crippen molar-refractivity contribution in [3.63, 3.8) is 0 Å². The SMILES string of the molecule is CC(C)(C)OC(=O)CN1CCN(CC(=O)OC(C)(C)C)CCN(C(CCC(=O)NCCCC(F)(F)C(F)(F)C(F)(F)C(F)(F)C(F)(F)C(F)(F)C(F)(F)C(F)(F)F)C(=O)OC(C)(C)C)CC1. The van der Waals surface area contributed by atoms with Crippen LogP contribution in [0.5, 0.6) is 0 Å². The molecule has 0 aliphatic carbocycles. The van der Waals surface area contributed by atoms with Crippen LogP contribution in [0.1, 0.15) is 88.0 Å². The van der Waals surface area contributed by atoms with Crippen molar-refractivity contribution in [3.05, 3.63) is 0 Å². The minimum atomic E-state index is -8.74. The van der Waals surface area contributed by atoms with Gasteiger partial charge in [-0.2, -0.15) is 74.6 Å². The van der Waals surface area contributed by atoms with Crippen molar-refractivity contribution >= 4 is 23.8 Å². The number of nitrogens with one attached hydrogen (secondary N) is 1. The molecule has 0 aromatic rings. The van der Waals surface area contributed by atoms with Crippen molar-refractivity contribution in [3.8, 4) is 0 Å². The Labute approximate surface area is 369 Å². The molecule has 1 amide bonds. The van der Waals surface area contributed by atoms with E-state index in [0.717, 1.165) is 0 Å². The van der Waals surface area contributed by atoms with Gasteiger partial charge in [0.2, 0.25) is 5.91 Å². The molecule has 1 fully saturated rings. The summed E-state index contributed by atoms with van der Waals surface area (Å²) in [6, 6.07) is -1.31. The number of esters is 3. The Morgan fingerprint density at radius 3 is 1.21 bits per heavy atom. The molecule has 1 N–H and O–H groups in total. The molecule has 1 rings (SSSR count). The fraction of sp³-hybridized carbons (Fsp3) is 0.895. The van der Waals surface area contributed by atoms with E-state index in [-0.39, 0.29) is 52.4 Å². The number of nitrogens with zero attached hydrogens (tertiary/aromatic N) is 3. The van der Waals surface area contributed by atoms with Crippen LogP contribution >= 0.6 is 0 Å². The molecule has 0 aromatic carbocycles. The molecular weight excluding hydrogens is 947 g/mol. The first-order chi connectivity index (χ1) is 29.2. The second kappa shape index (κ2) is 21.1. The number of amides is 1. The van der Waals surface area contributed by atoms with Gasteiger partial charge in [-0.05, 0) is 75.2 Å². The second-order valence-corrected chi connectivity index (χ2v) is 18.5. The number of hydrogen-bond donors (Lipinski definition) is 1. The van der Waals surface area contributed by atoms with E-state index in [9.17, 15) is 93.8 Å². The third-order valence-corrected chi connectivity index (χ3v) is 9.23. The number of carbonyl (C=O) groups excluding carboxylic acids is 4. The standard InChI is InChI=1S/C38H55F17N4O7/c1-28(2,3)64-25(61)21-57-15-16-58(22-26(62)65-29(4,5)6)18-20-59(19-17-57)23(27(63)66-30(7,8)9)11-12-24(60)56-14-10-13-31(39,40)32(41,42)33(43,44)34(45,46)35(47,48)36(49,50)37(51,52)38(53,54)55/h23H,10-22H2,1-9H3,(H,56,60). The van der Waals surface area contributed by atoms with E-state index < -0.39 is 127 Å². The van der Waals surface area contributed by atoms with Crippen LogP contribution in [-0.4, -0.2) is 168 Å². The van der Waals surface area contributed by atoms with Gasteiger partial charge in [0.05, 0.1) is 13.1 Å². The lowest BCUT2D eigenvalue weighted by Gasteiger charge is -2.42. The third kappa shape index (κ3) is 15.3. The fourth-order valence-corrected chi connectivity index (χ4v) is 5.97. The summed E-state index contributed by atoms with van der Waals surface area (Å²) >= 11 is 0. The molecule has 0 saturated carbocycles. The van der Waals surface area contributed by atoms with Crippen LogP contribution in [0.4, 0.5) is 74.6 Å². The minimum Gasteiger partial charge on any atom is -0.459 e. The van der Waals surface area contributed by atoms with Crippen molar-refractivity contribution < 1.29 is 108 Å². The maximum absolute atomic E-state index is 14.4. The first-order valence-corrected chi connectivity index (χ1v) is 20.0. The normalized spacial score (nSPS) is 17.6. The van der Waals surface area contributed by atoms with E-state index >= 15 is 0 Å². The quantitative estimate of drug-likeness (QED) is 0.0591. The number of alkyl halides is 17. The predicted octanol–water partition coefficient (Wildman–Crippen LogP) is 7.99. The van der Waals surface area contributed by atoms with E-state index in [1.807, 2.05) is 5.32 Å². The Bertz CT molecular complexity index is 1620. The van der Waals surface area contributed by atoms with Gasteiger partial charge in [0.25, 0.3) is 0 Å². The summed E-state index contributed by atoms with van der Waals surface area (Å²) in [5, 5.41) is 1.87. The number of rotatable bonds is 19. The van der Waals surface area contributed by atoms with Gasteiger partial charge in [-0.3, -0.25) is 33.9 Å². The lowest BCUT2D eigenvalue weighted by Crippen LogP contribution is -2.74. The largest absolute Gasteiger partial charge is 0.460 e. The van der Waals surface area contributed by atoms with Gasteiger partial charge in [0, 0.05) is 58.7 Å². The highest BCUT2D eigenvalue weighted by atomic mass is 19.4. The molecule has 28 heteroatoms. The Balaban J connectivity index is 3.29. The molecule has 1 aliphatic heterocycles. The Morgan fingerprint density at radius 1 is 0.500 bits per heavy atom. The summed E-state index contributed by atoms with van der Waals surface area (Å²) in [4.78, 5) is 56.8. The van der Waals surface area contributed by atoms with Gasteiger partial charge in [-0.25, -0.2) is 0 Å². The maximum Gasteiger partial charge on any atom is 0.460 e. The topological polar surface area (TPSA) is 118 Å². The van der Waals surface area contributed by atoms with Crippen molar-refractivity contribution in [1.29, 1.82) is 0 Å². The van der Waals surface area contributed by atoms with Crippen molar-refractivity contribution in [1.82, 2.24) is 20.0 Å². The number of halogens is 17. The van der Waals surface area contributed by atoms with Gasteiger partial charge in [-0.1, -0.05) is 0 Å². The molecule has 0 aromatic heterocycles. The van der Waals surface area contributed by atoms with Crippen molar-refractivity contribution in [2.45, 2.75) is 158 Å². The molecule has 0 bridgehead atoms. The number of hydrogen-bond acceptors (Lipinski definition) is 10. The highest BCUT2D eigenvalue weighted by Crippen LogP contribution is 2.64. The molecule has 1 unspecified atom stereocenters. The summed E-state index contributed by atoms with van der Waals surface area (Å²) in [5.41, 5.74) is -2.84. The van der Waals surface area contributed by atoms with Gasteiger partial charge in [-0.15, -0.1) is 0 Å². The zero-order valence-corrected chi connectivity index (χ0v) is 37.4. The van der Waals surface area contributed by atoms with Crippen LogP contribution in [0.3, 0.4) is 0 Å². The van der Waals surface area contributed by atoms with Crippen molar-refractivity contribution in [2.75, 3.05) is 58.9 Å². The second-order valence-electron chi connectivity index (χ2n) is 18.5. The summed E-state index contributed by atoms with van der Waals surface area (Å²) in [6.45, 7) is 13.3. The fourth-order valence-electron chi connectivity index (χ4n) is 5.97. The average Bonchev–Trinajstić information content (AvgIpc) is 3.17. The monoisotopic (exact) mass is 1000 g/mol. The van der Waals surface area contributed by atoms with Gasteiger partial charge >= 0.3 is 65.5 Å². The molecule has 0 spiro atoms. The average molecular weight is 1000 g/mol. The molecule has 11 nitrogen and oxygen atoms in total. The lowest BCUT2D eigenvalue weighted by atomic mass is 9.88. The summed E-state index contributed by atoms with van der Waals surface area (Å²) < 4.78 is 248. The maximum atomic E-state index is 14.4. The molecule has 388 valence electrons. The molecule has 1 heterocycles. The molecule has 66 heavy (non-hydrogen) atoms. The van der Waals surface area contributed by atoms with E-state index in [0.29, 0.717) is 0 Å². The lowest BCUT2D eigenvalue weighted by molar-refractivity contribution is -0.461. The zero-order chi connectivity index (χ0) is 52.1. The van der Waals surface area contributed by atoms with Crippen LogP contribution in [0.2, 0.25) is 0 Å². The Hall–Kier alpha value is -3.43. The summed E-state index contributed by atoms with van der Waals surface area (Å²) in [5.74, 6) is -60.4. The number of carbonyl (C=O) groups is 4. The molecule has 0 radical (unpaired) electrons. The van der Waals surface area contributed by atoms with Crippen LogP contribution < -0.4 is 5.32 Å². The predicted molar refractivity (Wildman–Crippen MR) is 198 cm³/mol. The van der Waals surface area contributed by atoms with Gasteiger partial charge in [0.1, 0.15) is 22.8 Å². The molecule has 1 aliphatic rings. The van der Waals surface area contributed by atoms with E-state index in [1.165, 1.54) is 20.8 Å².